The van der Waals surface area contributed by atoms with E-state index in [1.807, 2.05) is 0 Å². The molecule has 23 heavy (non-hydrogen) atoms. The van der Waals surface area contributed by atoms with E-state index in [1.165, 1.54) is 6.07 Å². The van der Waals surface area contributed by atoms with Crippen LogP contribution in [0.15, 0.2) is 66.1 Å². The summed E-state index contributed by atoms with van der Waals surface area (Å²) in [6.07, 6.45) is 1.56. The Morgan fingerprint density at radius 3 is 2.52 bits per heavy atom. The van der Waals surface area contributed by atoms with Gasteiger partial charge in [0.1, 0.15) is 0 Å². The van der Waals surface area contributed by atoms with E-state index in [1.54, 1.807) is 55.5 Å². The Hall–Kier alpha value is -2.60. The van der Waals surface area contributed by atoms with Gasteiger partial charge in [-0.25, -0.2) is 8.42 Å². The van der Waals surface area contributed by atoms with Crippen molar-refractivity contribution in [3.63, 3.8) is 0 Å². The summed E-state index contributed by atoms with van der Waals surface area (Å²) in [6, 6.07) is 13.2. The molecule has 0 aliphatic carbocycles. The number of amides is 1. The van der Waals surface area contributed by atoms with Gasteiger partial charge in [0.15, 0.2) is 0 Å². The minimum atomic E-state index is -3.77. The second-order valence-corrected chi connectivity index (χ2v) is 6.60. The SMILES string of the molecule is C=CCNC(=O)c1ccc(C)c(S(=O)(=O)Nc2ccccc2)c1. The van der Waals surface area contributed by atoms with Crippen molar-refractivity contribution >= 4 is 21.6 Å². The fourth-order valence-electron chi connectivity index (χ4n) is 2.01. The molecule has 2 N–H and O–H groups in total. The predicted molar refractivity (Wildman–Crippen MR) is 91.0 cm³/mol. The molecule has 0 aliphatic heterocycles. The molecule has 0 saturated carbocycles. The number of carbonyl (C=O) groups is 1. The maximum atomic E-state index is 12.6. The highest BCUT2D eigenvalue weighted by Gasteiger charge is 2.19. The van der Waals surface area contributed by atoms with Crippen LogP contribution in [0.25, 0.3) is 0 Å². The molecule has 120 valence electrons. The van der Waals surface area contributed by atoms with E-state index in [2.05, 4.69) is 16.6 Å². The van der Waals surface area contributed by atoms with Gasteiger partial charge >= 0.3 is 0 Å². The lowest BCUT2D eigenvalue weighted by molar-refractivity contribution is 0.0958. The van der Waals surface area contributed by atoms with Crippen LogP contribution in [0, 0.1) is 6.92 Å². The molecule has 6 heteroatoms. The average Bonchev–Trinajstić information content (AvgIpc) is 2.53. The molecule has 0 fully saturated rings. The first-order valence-corrected chi connectivity index (χ1v) is 8.50. The largest absolute Gasteiger partial charge is 0.349 e. The average molecular weight is 330 g/mol. The van der Waals surface area contributed by atoms with Crippen LogP contribution in [0.5, 0.6) is 0 Å². The fourth-order valence-corrected chi connectivity index (χ4v) is 3.34. The standard InChI is InChI=1S/C17H18N2O3S/c1-3-11-18-17(20)14-10-9-13(2)16(12-14)23(21,22)19-15-7-5-4-6-8-15/h3-10,12,19H,1,11H2,2H3,(H,18,20). The lowest BCUT2D eigenvalue weighted by Crippen LogP contribution is -2.24. The summed E-state index contributed by atoms with van der Waals surface area (Å²) in [5.74, 6) is -0.346. The van der Waals surface area contributed by atoms with Gasteiger partial charge in [-0.2, -0.15) is 0 Å². The topological polar surface area (TPSA) is 75.3 Å². The summed E-state index contributed by atoms with van der Waals surface area (Å²) < 4.78 is 27.6. The van der Waals surface area contributed by atoms with Crippen LogP contribution in [-0.4, -0.2) is 20.9 Å². The first kappa shape index (κ1) is 16.8. The number of hydrogen-bond donors (Lipinski definition) is 2. The molecule has 0 heterocycles. The number of aryl methyl sites for hydroxylation is 1. The number of anilines is 1. The van der Waals surface area contributed by atoms with Crippen molar-refractivity contribution in [3.05, 3.63) is 72.3 Å². The van der Waals surface area contributed by atoms with Crippen molar-refractivity contribution in [2.24, 2.45) is 0 Å². The minimum absolute atomic E-state index is 0.0765. The van der Waals surface area contributed by atoms with Crippen LogP contribution in [0.1, 0.15) is 15.9 Å². The van der Waals surface area contributed by atoms with Gasteiger partial charge in [0.05, 0.1) is 4.90 Å². The first-order chi connectivity index (χ1) is 10.9. The third-order valence-electron chi connectivity index (χ3n) is 3.17. The molecule has 0 bridgehead atoms. The van der Waals surface area contributed by atoms with E-state index in [4.69, 9.17) is 0 Å². The zero-order valence-corrected chi connectivity index (χ0v) is 13.6. The quantitative estimate of drug-likeness (QED) is 0.800. The molecule has 0 aliphatic rings. The van der Waals surface area contributed by atoms with Gasteiger partial charge in [-0.3, -0.25) is 9.52 Å². The van der Waals surface area contributed by atoms with Crippen molar-refractivity contribution < 1.29 is 13.2 Å². The van der Waals surface area contributed by atoms with E-state index in [0.29, 0.717) is 17.8 Å². The monoisotopic (exact) mass is 330 g/mol. The van der Waals surface area contributed by atoms with E-state index in [0.717, 1.165) is 0 Å². The van der Waals surface area contributed by atoms with Crippen molar-refractivity contribution in [2.45, 2.75) is 11.8 Å². The van der Waals surface area contributed by atoms with Gasteiger partial charge in [-0.05, 0) is 36.8 Å². The van der Waals surface area contributed by atoms with Crippen LogP contribution in [0.4, 0.5) is 5.69 Å². The van der Waals surface area contributed by atoms with Gasteiger partial charge in [0.25, 0.3) is 15.9 Å². The lowest BCUT2D eigenvalue weighted by atomic mass is 10.1. The highest BCUT2D eigenvalue weighted by molar-refractivity contribution is 7.92. The van der Waals surface area contributed by atoms with Crippen molar-refractivity contribution in [3.8, 4) is 0 Å². The van der Waals surface area contributed by atoms with Crippen LogP contribution >= 0.6 is 0 Å². The molecule has 0 radical (unpaired) electrons. The minimum Gasteiger partial charge on any atom is -0.349 e. The summed E-state index contributed by atoms with van der Waals surface area (Å²) in [6.45, 7) is 5.53. The molecule has 0 atom stereocenters. The number of nitrogens with one attached hydrogen (secondary N) is 2. The molecule has 0 aromatic heterocycles. The molecule has 5 nitrogen and oxygen atoms in total. The maximum Gasteiger partial charge on any atom is 0.262 e. The van der Waals surface area contributed by atoms with E-state index in [-0.39, 0.29) is 16.4 Å². The molecular formula is C17H18N2O3S. The molecule has 1 amide bonds. The number of sulfonamides is 1. The molecule has 2 aromatic carbocycles. The Labute approximate surface area is 136 Å². The van der Waals surface area contributed by atoms with Crippen LogP contribution in [-0.2, 0) is 10.0 Å². The molecule has 2 aromatic rings. The van der Waals surface area contributed by atoms with E-state index >= 15 is 0 Å². The second kappa shape index (κ2) is 7.11. The van der Waals surface area contributed by atoms with Crippen LogP contribution < -0.4 is 10.0 Å². The van der Waals surface area contributed by atoms with Gasteiger partial charge in [0.2, 0.25) is 0 Å². The zero-order valence-electron chi connectivity index (χ0n) is 12.7. The maximum absolute atomic E-state index is 12.6. The van der Waals surface area contributed by atoms with Gasteiger partial charge < -0.3 is 5.32 Å². The number of para-hydroxylation sites is 1. The fraction of sp³-hybridized carbons (Fsp3) is 0.118. The van der Waals surface area contributed by atoms with Crippen molar-refractivity contribution in [1.82, 2.24) is 5.32 Å². The van der Waals surface area contributed by atoms with Crippen LogP contribution in [0.2, 0.25) is 0 Å². The van der Waals surface area contributed by atoms with Crippen LogP contribution in [0.3, 0.4) is 0 Å². The first-order valence-electron chi connectivity index (χ1n) is 7.01. The third-order valence-corrected chi connectivity index (χ3v) is 4.70. The summed E-state index contributed by atoms with van der Waals surface area (Å²) in [5, 5.41) is 2.62. The van der Waals surface area contributed by atoms with Gasteiger partial charge in [-0.15, -0.1) is 6.58 Å². The predicted octanol–water partition coefficient (Wildman–Crippen LogP) is 2.71. The van der Waals surface area contributed by atoms with E-state index < -0.39 is 10.0 Å². The molecule has 0 spiro atoms. The highest BCUT2D eigenvalue weighted by atomic mass is 32.2. The molecule has 0 saturated heterocycles. The van der Waals surface area contributed by atoms with Gasteiger partial charge in [0, 0.05) is 17.8 Å². The number of carbonyl (C=O) groups excluding carboxylic acids is 1. The summed E-state index contributed by atoms with van der Waals surface area (Å²) in [5.41, 5.74) is 1.31. The molecular weight excluding hydrogens is 312 g/mol. The number of benzene rings is 2. The second-order valence-electron chi connectivity index (χ2n) is 4.95. The summed E-state index contributed by atoms with van der Waals surface area (Å²) in [4.78, 5) is 12.1. The van der Waals surface area contributed by atoms with Crippen molar-refractivity contribution in [1.29, 1.82) is 0 Å². The number of rotatable bonds is 6. The Morgan fingerprint density at radius 2 is 1.87 bits per heavy atom. The van der Waals surface area contributed by atoms with Gasteiger partial charge in [-0.1, -0.05) is 30.3 Å². The van der Waals surface area contributed by atoms with Crippen molar-refractivity contribution in [2.75, 3.05) is 11.3 Å². The highest BCUT2D eigenvalue weighted by Crippen LogP contribution is 2.20. The lowest BCUT2D eigenvalue weighted by Gasteiger charge is -2.12. The Kier molecular flexibility index (Phi) is 5.18. The molecule has 0 unspecified atom stereocenters. The zero-order chi connectivity index (χ0) is 16.9. The number of hydrogen-bond acceptors (Lipinski definition) is 3. The normalized spacial score (nSPS) is 10.8. The molecule has 2 rings (SSSR count). The smallest absolute Gasteiger partial charge is 0.262 e. The Bertz CT molecular complexity index is 815. The summed E-state index contributed by atoms with van der Waals surface area (Å²) >= 11 is 0. The summed E-state index contributed by atoms with van der Waals surface area (Å²) in [7, 11) is -3.77. The van der Waals surface area contributed by atoms with E-state index in [9.17, 15) is 13.2 Å². The Balaban J connectivity index is 2.34. The Morgan fingerprint density at radius 1 is 1.17 bits per heavy atom. The third kappa shape index (κ3) is 4.20.